The number of ether oxygens (including phenoxy) is 1. The van der Waals surface area contributed by atoms with Crippen molar-refractivity contribution in [1.29, 1.82) is 0 Å². The fraction of sp³-hybridized carbons (Fsp3) is 0.235. The summed E-state index contributed by atoms with van der Waals surface area (Å²) in [6, 6.07) is 11.2. The first-order valence-corrected chi connectivity index (χ1v) is 7.56. The van der Waals surface area contributed by atoms with Gasteiger partial charge in [0.2, 0.25) is 5.91 Å². The van der Waals surface area contributed by atoms with Crippen molar-refractivity contribution in [3.63, 3.8) is 0 Å². The minimum atomic E-state index is -0.795. The van der Waals surface area contributed by atoms with Gasteiger partial charge in [0.25, 0.3) is 0 Å². The Hall–Kier alpha value is -2.93. The van der Waals surface area contributed by atoms with Gasteiger partial charge in [-0.3, -0.25) is 14.7 Å². The number of nitrogens with zero attached hydrogens (tertiary/aromatic N) is 2. The lowest BCUT2D eigenvalue weighted by Crippen LogP contribution is -2.44. The van der Waals surface area contributed by atoms with Crippen LogP contribution >= 0.6 is 0 Å². The van der Waals surface area contributed by atoms with Crippen molar-refractivity contribution in [2.45, 2.75) is 18.6 Å². The molecule has 1 fully saturated rings. The molecule has 0 radical (unpaired) electrons. The summed E-state index contributed by atoms with van der Waals surface area (Å²) in [5.74, 6) is -0.000121. The Morgan fingerprint density at radius 3 is 2.71 bits per heavy atom. The Balaban J connectivity index is 1.69. The van der Waals surface area contributed by atoms with Crippen LogP contribution in [-0.2, 0) is 4.79 Å². The molecule has 3 rings (SSSR count). The van der Waals surface area contributed by atoms with Gasteiger partial charge in [-0.05, 0) is 24.3 Å². The summed E-state index contributed by atoms with van der Waals surface area (Å²) < 4.78 is 5.26. The number of aliphatic hydroxyl groups excluding tert-OH is 1. The highest BCUT2D eigenvalue weighted by Gasteiger charge is 2.40. The predicted molar refractivity (Wildman–Crippen MR) is 86.5 cm³/mol. The lowest BCUT2D eigenvalue weighted by Gasteiger charge is -2.22. The molecule has 0 saturated carbocycles. The number of rotatable bonds is 3. The first-order valence-electron chi connectivity index (χ1n) is 7.56. The van der Waals surface area contributed by atoms with Crippen LogP contribution in [0, 0.1) is 0 Å². The number of pyridine rings is 1. The molecular weight excluding hydrogens is 310 g/mol. The van der Waals surface area contributed by atoms with Gasteiger partial charge in [0.05, 0.1) is 24.5 Å². The van der Waals surface area contributed by atoms with Gasteiger partial charge in [-0.2, -0.15) is 0 Å². The monoisotopic (exact) mass is 327 g/mol. The van der Waals surface area contributed by atoms with Crippen LogP contribution in [0.3, 0.4) is 0 Å². The Morgan fingerprint density at radius 2 is 2.00 bits per heavy atom. The maximum absolute atomic E-state index is 12.4. The molecule has 1 aliphatic heterocycles. The van der Waals surface area contributed by atoms with Crippen molar-refractivity contribution < 1.29 is 19.4 Å². The van der Waals surface area contributed by atoms with Gasteiger partial charge in [0.15, 0.2) is 0 Å². The third kappa shape index (κ3) is 3.69. The normalized spacial score (nSPS) is 19.8. The van der Waals surface area contributed by atoms with E-state index in [0.717, 1.165) is 0 Å². The number of anilines is 1. The summed E-state index contributed by atoms with van der Waals surface area (Å²) >= 11 is 0. The standard InChI is InChI=1S/C17H17N3O4/c21-13-9-15(16(22)19-12-5-4-8-18-10-12)20(11-13)17(23)24-14-6-2-1-3-7-14/h1-8,10,13,15,21H,9,11H2,(H,19,22)/t13-,15+/m1/s1. The third-order valence-electron chi connectivity index (χ3n) is 3.69. The number of likely N-dealkylation sites (tertiary alicyclic amines) is 1. The van der Waals surface area contributed by atoms with E-state index in [-0.39, 0.29) is 18.9 Å². The highest BCUT2D eigenvalue weighted by atomic mass is 16.6. The van der Waals surface area contributed by atoms with Crippen LogP contribution in [0.15, 0.2) is 54.9 Å². The molecule has 1 aliphatic rings. The van der Waals surface area contributed by atoms with Crippen LogP contribution in [-0.4, -0.2) is 45.7 Å². The average molecular weight is 327 g/mol. The van der Waals surface area contributed by atoms with Crippen molar-refractivity contribution in [3.8, 4) is 5.75 Å². The van der Waals surface area contributed by atoms with E-state index in [4.69, 9.17) is 4.74 Å². The summed E-state index contributed by atoms with van der Waals surface area (Å²) in [7, 11) is 0. The zero-order valence-electron chi connectivity index (χ0n) is 12.8. The van der Waals surface area contributed by atoms with E-state index in [1.54, 1.807) is 48.7 Å². The quantitative estimate of drug-likeness (QED) is 0.894. The molecule has 0 unspecified atom stereocenters. The van der Waals surface area contributed by atoms with Crippen LogP contribution in [0.5, 0.6) is 5.75 Å². The molecule has 2 aromatic rings. The number of nitrogens with one attached hydrogen (secondary N) is 1. The number of para-hydroxylation sites is 1. The molecule has 124 valence electrons. The second-order valence-electron chi connectivity index (χ2n) is 5.47. The topological polar surface area (TPSA) is 91.8 Å². The molecule has 2 N–H and O–H groups in total. The fourth-order valence-corrected chi connectivity index (χ4v) is 2.57. The average Bonchev–Trinajstić information content (AvgIpc) is 2.99. The number of aromatic nitrogens is 1. The maximum atomic E-state index is 12.4. The number of carbonyl (C=O) groups excluding carboxylic acids is 2. The van der Waals surface area contributed by atoms with Gasteiger partial charge in [0, 0.05) is 12.6 Å². The van der Waals surface area contributed by atoms with Crippen LogP contribution in [0.1, 0.15) is 6.42 Å². The van der Waals surface area contributed by atoms with Gasteiger partial charge >= 0.3 is 6.09 Å². The van der Waals surface area contributed by atoms with Crippen molar-refractivity contribution in [2.24, 2.45) is 0 Å². The molecule has 24 heavy (non-hydrogen) atoms. The summed E-state index contributed by atoms with van der Waals surface area (Å²) in [4.78, 5) is 29.9. The largest absolute Gasteiger partial charge is 0.416 e. The first kappa shape index (κ1) is 15.9. The molecule has 0 bridgehead atoms. The molecule has 2 amide bonds. The van der Waals surface area contributed by atoms with E-state index in [1.807, 2.05) is 0 Å². The van der Waals surface area contributed by atoms with Gasteiger partial charge < -0.3 is 15.2 Å². The molecule has 2 atom stereocenters. The summed E-state index contributed by atoms with van der Waals surface area (Å²) in [5, 5.41) is 12.5. The maximum Gasteiger partial charge on any atom is 0.416 e. The fourth-order valence-electron chi connectivity index (χ4n) is 2.57. The molecule has 0 spiro atoms. The Bertz CT molecular complexity index is 647. The lowest BCUT2D eigenvalue weighted by atomic mass is 10.2. The number of benzene rings is 1. The Labute approximate surface area is 138 Å². The van der Waals surface area contributed by atoms with Crippen LogP contribution in [0.2, 0.25) is 0 Å². The smallest absolute Gasteiger partial charge is 0.410 e. The molecule has 1 saturated heterocycles. The SMILES string of the molecule is O=C(Nc1cccnc1)[C@@H]1C[C@@H](O)CN1C(=O)Oc1ccccc1. The second kappa shape index (κ2) is 7.10. The molecule has 0 aliphatic carbocycles. The number of carbonyl (C=O) groups is 2. The first-order chi connectivity index (χ1) is 11.6. The number of hydrogen-bond donors (Lipinski definition) is 2. The third-order valence-corrected chi connectivity index (χ3v) is 3.69. The van der Waals surface area contributed by atoms with Gasteiger partial charge in [-0.25, -0.2) is 4.79 Å². The second-order valence-corrected chi connectivity index (χ2v) is 5.47. The highest BCUT2D eigenvalue weighted by molar-refractivity contribution is 5.97. The van der Waals surface area contributed by atoms with E-state index in [2.05, 4.69) is 10.3 Å². The Kier molecular flexibility index (Phi) is 4.72. The van der Waals surface area contributed by atoms with E-state index < -0.39 is 18.2 Å². The van der Waals surface area contributed by atoms with E-state index >= 15 is 0 Å². The number of β-amino-alcohol motifs (C(OH)–C–C–N with tert-alkyl or cyclic N) is 1. The van der Waals surface area contributed by atoms with Crippen LogP contribution in [0.25, 0.3) is 0 Å². The molecule has 7 nitrogen and oxygen atoms in total. The molecule has 1 aromatic heterocycles. The van der Waals surface area contributed by atoms with Crippen molar-refractivity contribution in [3.05, 3.63) is 54.9 Å². The zero-order valence-corrected chi connectivity index (χ0v) is 12.8. The molecule has 7 heteroatoms. The molecule has 2 heterocycles. The Morgan fingerprint density at radius 1 is 1.21 bits per heavy atom. The number of aliphatic hydroxyl groups is 1. The van der Waals surface area contributed by atoms with Crippen molar-refractivity contribution in [2.75, 3.05) is 11.9 Å². The number of amides is 2. The van der Waals surface area contributed by atoms with E-state index in [0.29, 0.717) is 11.4 Å². The van der Waals surface area contributed by atoms with E-state index in [1.165, 1.54) is 11.1 Å². The lowest BCUT2D eigenvalue weighted by molar-refractivity contribution is -0.119. The van der Waals surface area contributed by atoms with Crippen molar-refractivity contribution >= 4 is 17.7 Å². The number of hydrogen-bond acceptors (Lipinski definition) is 5. The predicted octanol–water partition coefficient (Wildman–Crippen LogP) is 1.65. The van der Waals surface area contributed by atoms with E-state index in [9.17, 15) is 14.7 Å². The molecular formula is C17H17N3O4. The highest BCUT2D eigenvalue weighted by Crippen LogP contribution is 2.22. The summed E-state index contributed by atoms with van der Waals surface area (Å²) in [6.45, 7) is 0.0524. The van der Waals surface area contributed by atoms with Crippen LogP contribution < -0.4 is 10.1 Å². The molecule has 1 aromatic carbocycles. The zero-order chi connectivity index (χ0) is 16.9. The summed E-state index contributed by atoms with van der Waals surface area (Å²) in [5.41, 5.74) is 0.528. The van der Waals surface area contributed by atoms with Crippen LogP contribution in [0.4, 0.5) is 10.5 Å². The summed E-state index contributed by atoms with van der Waals surface area (Å²) in [6.07, 6.45) is 1.84. The van der Waals surface area contributed by atoms with Crippen molar-refractivity contribution in [1.82, 2.24) is 9.88 Å². The van der Waals surface area contributed by atoms with Gasteiger partial charge in [0.1, 0.15) is 11.8 Å². The minimum Gasteiger partial charge on any atom is -0.410 e. The van der Waals surface area contributed by atoms with Gasteiger partial charge in [-0.1, -0.05) is 18.2 Å². The van der Waals surface area contributed by atoms with Gasteiger partial charge in [-0.15, -0.1) is 0 Å². The minimum absolute atomic E-state index is 0.0524.